The maximum Gasteiger partial charge on any atom is 0.237 e. The first-order valence-electron chi connectivity index (χ1n) is 7.68. The molecule has 1 amide bonds. The van der Waals surface area contributed by atoms with E-state index >= 15 is 0 Å². The summed E-state index contributed by atoms with van der Waals surface area (Å²) in [4.78, 5) is 11.9. The number of rotatable bonds is 8. The number of nitrogens with one attached hydrogen (secondary N) is 1. The van der Waals surface area contributed by atoms with Gasteiger partial charge in [0, 0.05) is 6.54 Å². The number of hydrogen-bond donors (Lipinski definition) is 3. The first-order chi connectivity index (χ1) is 11.5. The number of halogens is 1. The number of aliphatic hydroxyl groups excluding tert-OH is 1. The van der Waals surface area contributed by atoms with Crippen molar-refractivity contribution < 1.29 is 19.0 Å². The number of hydrogen-bond acceptors (Lipinski definition) is 4. The van der Waals surface area contributed by atoms with Gasteiger partial charge in [-0.05, 0) is 36.2 Å². The zero-order chi connectivity index (χ0) is 17.4. The van der Waals surface area contributed by atoms with Crippen LogP contribution in [0.5, 0.6) is 5.75 Å². The second kappa shape index (κ2) is 9.00. The fourth-order valence-electron chi connectivity index (χ4n) is 2.09. The van der Waals surface area contributed by atoms with E-state index in [0.29, 0.717) is 12.2 Å². The molecular weight excluding hydrogens is 311 g/mol. The molecule has 24 heavy (non-hydrogen) atoms. The molecule has 1 unspecified atom stereocenters. The first-order valence-corrected chi connectivity index (χ1v) is 7.68. The lowest BCUT2D eigenvalue weighted by molar-refractivity contribution is -0.122. The Hall–Kier alpha value is -2.44. The Balaban J connectivity index is 1.69. The average molecular weight is 332 g/mol. The van der Waals surface area contributed by atoms with E-state index < -0.39 is 12.1 Å². The van der Waals surface area contributed by atoms with Crippen molar-refractivity contribution in [3.05, 3.63) is 66.0 Å². The molecule has 2 rings (SSSR count). The van der Waals surface area contributed by atoms with E-state index in [1.54, 1.807) is 0 Å². The lowest BCUT2D eigenvalue weighted by atomic mass is 10.1. The molecule has 0 heterocycles. The van der Waals surface area contributed by atoms with Crippen LogP contribution in [0.25, 0.3) is 0 Å². The molecule has 0 radical (unpaired) electrons. The molecule has 0 saturated carbocycles. The molecule has 6 heteroatoms. The van der Waals surface area contributed by atoms with Gasteiger partial charge in [-0.25, -0.2) is 4.39 Å². The van der Waals surface area contributed by atoms with Crippen LogP contribution >= 0.6 is 0 Å². The molecule has 2 aromatic rings. The number of aliphatic hydroxyl groups is 1. The van der Waals surface area contributed by atoms with E-state index in [9.17, 15) is 14.3 Å². The Morgan fingerprint density at radius 2 is 1.83 bits per heavy atom. The van der Waals surface area contributed by atoms with E-state index in [4.69, 9.17) is 10.5 Å². The average Bonchev–Trinajstić information content (AvgIpc) is 2.60. The van der Waals surface area contributed by atoms with Crippen LogP contribution in [0.15, 0.2) is 54.6 Å². The predicted molar refractivity (Wildman–Crippen MR) is 89.0 cm³/mol. The summed E-state index contributed by atoms with van der Waals surface area (Å²) in [5, 5.41) is 12.4. The topological polar surface area (TPSA) is 84.6 Å². The molecule has 2 aromatic carbocycles. The molecule has 0 fully saturated rings. The van der Waals surface area contributed by atoms with Crippen molar-refractivity contribution in [3.63, 3.8) is 0 Å². The standard InChI is InChI=1S/C18H21FN2O3/c19-14-6-8-16(9-7-14)24-12-15(22)11-21-18(23)17(20)10-13-4-2-1-3-5-13/h1-9,15,17,22H,10-12,20H2,(H,21,23)/t15?,17-/m0/s1. The highest BCUT2D eigenvalue weighted by atomic mass is 19.1. The molecule has 0 aliphatic heterocycles. The molecule has 0 aliphatic carbocycles. The zero-order valence-corrected chi connectivity index (χ0v) is 13.2. The van der Waals surface area contributed by atoms with Gasteiger partial charge in [-0.1, -0.05) is 30.3 Å². The summed E-state index contributed by atoms with van der Waals surface area (Å²) in [6, 6.07) is 14.3. The van der Waals surface area contributed by atoms with E-state index in [0.717, 1.165) is 5.56 Å². The largest absolute Gasteiger partial charge is 0.491 e. The highest BCUT2D eigenvalue weighted by Crippen LogP contribution is 2.11. The van der Waals surface area contributed by atoms with Crippen LogP contribution in [0, 0.1) is 5.82 Å². The van der Waals surface area contributed by atoms with Crippen molar-refractivity contribution in [2.75, 3.05) is 13.2 Å². The number of nitrogens with two attached hydrogens (primary N) is 1. The smallest absolute Gasteiger partial charge is 0.237 e. The van der Waals surface area contributed by atoms with Gasteiger partial charge in [-0.3, -0.25) is 4.79 Å². The van der Waals surface area contributed by atoms with Crippen LogP contribution < -0.4 is 15.8 Å². The molecule has 128 valence electrons. The minimum atomic E-state index is -0.886. The number of benzene rings is 2. The second-order valence-corrected chi connectivity index (χ2v) is 5.46. The lowest BCUT2D eigenvalue weighted by Gasteiger charge is -2.16. The Labute approximate surface area is 140 Å². The molecular formula is C18H21FN2O3. The fourth-order valence-corrected chi connectivity index (χ4v) is 2.09. The van der Waals surface area contributed by atoms with Crippen LogP contribution in [0.4, 0.5) is 4.39 Å². The van der Waals surface area contributed by atoms with Gasteiger partial charge in [0.1, 0.15) is 24.3 Å². The minimum absolute atomic E-state index is 0.0141. The Morgan fingerprint density at radius 1 is 1.17 bits per heavy atom. The molecule has 0 aliphatic rings. The van der Waals surface area contributed by atoms with Crippen LogP contribution in [0.2, 0.25) is 0 Å². The van der Waals surface area contributed by atoms with Crippen LogP contribution in [0.1, 0.15) is 5.56 Å². The third-order valence-corrected chi connectivity index (χ3v) is 3.40. The second-order valence-electron chi connectivity index (χ2n) is 5.46. The van der Waals surface area contributed by atoms with Crippen LogP contribution in [-0.4, -0.2) is 36.3 Å². The van der Waals surface area contributed by atoms with Gasteiger partial charge in [0.05, 0.1) is 6.04 Å². The zero-order valence-electron chi connectivity index (χ0n) is 13.2. The minimum Gasteiger partial charge on any atom is -0.491 e. The highest BCUT2D eigenvalue weighted by molar-refractivity contribution is 5.81. The van der Waals surface area contributed by atoms with Gasteiger partial charge >= 0.3 is 0 Å². The van der Waals surface area contributed by atoms with Crippen LogP contribution in [-0.2, 0) is 11.2 Å². The van der Waals surface area contributed by atoms with Gasteiger partial charge in [0.2, 0.25) is 5.91 Å². The molecule has 2 atom stereocenters. The molecule has 4 N–H and O–H groups in total. The van der Waals surface area contributed by atoms with Crippen molar-refractivity contribution in [1.82, 2.24) is 5.32 Å². The molecule has 0 aromatic heterocycles. The molecule has 5 nitrogen and oxygen atoms in total. The number of ether oxygens (including phenoxy) is 1. The number of carbonyl (C=O) groups excluding carboxylic acids is 1. The van der Waals surface area contributed by atoms with Crippen molar-refractivity contribution in [3.8, 4) is 5.75 Å². The van der Waals surface area contributed by atoms with E-state index in [1.807, 2.05) is 30.3 Å². The van der Waals surface area contributed by atoms with E-state index in [-0.39, 0.29) is 24.9 Å². The summed E-state index contributed by atoms with van der Waals surface area (Å²) in [5.74, 6) is -0.246. The van der Waals surface area contributed by atoms with Crippen molar-refractivity contribution in [2.24, 2.45) is 5.73 Å². The number of amides is 1. The van der Waals surface area contributed by atoms with Crippen molar-refractivity contribution in [2.45, 2.75) is 18.6 Å². The van der Waals surface area contributed by atoms with Crippen molar-refractivity contribution >= 4 is 5.91 Å². The Morgan fingerprint density at radius 3 is 2.50 bits per heavy atom. The molecule has 0 saturated heterocycles. The first kappa shape index (κ1) is 17.9. The SMILES string of the molecule is N[C@@H](Cc1ccccc1)C(=O)NCC(O)COc1ccc(F)cc1. The third-order valence-electron chi connectivity index (χ3n) is 3.40. The highest BCUT2D eigenvalue weighted by Gasteiger charge is 2.15. The van der Waals surface area contributed by atoms with Gasteiger partial charge in [-0.2, -0.15) is 0 Å². The summed E-state index contributed by atoms with van der Waals surface area (Å²) >= 11 is 0. The molecule has 0 spiro atoms. The normalized spacial score (nSPS) is 13.1. The Bertz CT molecular complexity index is 634. The maximum absolute atomic E-state index is 12.8. The van der Waals surface area contributed by atoms with E-state index in [1.165, 1.54) is 24.3 Å². The third kappa shape index (κ3) is 5.98. The van der Waals surface area contributed by atoms with Gasteiger partial charge in [0.15, 0.2) is 0 Å². The Kier molecular flexibility index (Phi) is 6.72. The predicted octanol–water partition coefficient (Wildman–Crippen LogP) is 1.25. The van der Waals surface area contributed by atoms with Gasteiger partial charge in [-0.15, -0.1) is 0 Å². The van der Waals surface area contributed by atoms with Gasteiger partial charge < -0.3 is 20.9 Å². The summed E-state index contributed by atoms with van der Waals surface area (Å²) < 4.78 is 18.1. The van der Waals surface area contributed by atoms with Crippen LogP contribution in [0.3, 0.4) is 0 Å². The lowest BCUT2D eigenvalue weighted by Crippen LogP contribution is -2.45. The van der Waals surface area contributed by atoms with Crippen molar-refractivity contribution in [1.29, 1.82) is 0 Å². The summed E-state index contributed by atoms with van der Waals surface area (Å²) in [5.41, 5.74) is 6.83. The quantitative estimate of drug-likeness (QED) is 0.679. The summed E-state index contributed by atoms with van der Waals surface area (Å²) in [6.45, 7) is 0.0162. The maximum atomic E-state index is 12.8. The van der Waals surface area contributed by atoms with E-state index in [2.05, 4.69) is 5.32 Å². The monoisotopic (exact) mass is 332 g/mol. The summed E-state index contributed by atoms with van der Waals surface area (Å²) in [6.07, 6.45) is -0.461. The molecule has 0 bridgehead atoms. The fraction of sp³-hybridized carbons (Fsp3) is 0.278. The number of carbonyl (C=O) groups is 1. The summed E-state index contributed by atoms with van der Waals surface area (Å²) in [7, 11) is 0. The van der Waals surface area contributed by atoms with Gasteiger partial charge in [0.25, 0.3) is 0 Å².